The zero-order valence-electron chi connectivity index (χ0n) is 19.2. The highest BCUT2D eigenvalue weighted by Crippen LogP contribution is 2.34. The lowest BCUT2D eigenvalue weighted by Gasteiger charge is -2.21. The number of aromatic nitrogens is 2. The van der Waals surface area contributed by atoms with E-state index in [0.717, 1.165) is 0 Å². The van der Waals surface area contributed by atoms with Gasteiger partial charge in [-0.2, -0.15) is 10.2 Å². The van der Waals surface area contributed by atoms with Gasteiger partial charge in [-0.1, -0.05) is 24.3 Å². The summed E-state index contributed by atoms with van der Waals surface area (Å²) in [5, 5.41) is 10.4. The number of nitrogens with zero attached hydrogens (tertiary/aromatic N) is 2. The summed E-state index contributed by atoms with van der Waals surface area (Å²) in [7, 11) is 0. The molecule has 0 aliphatic rings. The molecule has 2 amide bonds. The molecule has 0 atom stereocenters. The van der Waals surface area contributed by atoms with Crippen molar-refractivity contribution in [1.29, 1.82) is 0 Å². The van der Waals surface area contributed by atoms with E-state index >= 15 is 4.39 Å². The van der Waals surface area contributed by atoms with Gasteiger partial charge in [0.2, 0.25) is 5.91 Å². The lowest BCUT2D eigenvalue weighted by molar-refractivity contribution is -0.118. The Labute approximate surface area is 196 Å². The fraction of sp³-hybridized carbons (Fsp3) is 0.280. The Hall–Kier alpha value is -3.88. The molecule has 0 saturated carbocycles. The summed E-state index contributed by atoms with van der Waals surface area (Å²) in [6.07, 6.45) is 0.783. The Balaban J connectivity index is 2.10. The van der Waals surface area contributed by atoms with Crippen molar-refractivity contribution in [3.63, 3.8) is 0 Å². The van der Waals surface area contributed by atoms with E-state index in [4.69, 9.17) is 10.5 Å². The van der Waals surface area contributed by atoms with Crippen molar-refractivity contribution in [2.24, 2.45) is 5.73 Å². The van der Waals surface area contributed by atoms with Crippen LogP contribution in [0, 0.1) is 11.6 Å². The monoisotopic (exact) mass is 468 g/mol. The molecule has 1 aromatic heterocycles. The maximum atomic E-state index is 15.8. The number of rotatable bonds is 7. The highest BCUT2D eigenvalue weighted by Gasteiger charge is 2.22. The Morgan fingerprint density at radius 2 is 1.79 bits per heavy atom. The van der Waals surface area contributed by atoms with E-state index in [0.29, 0.717) is 16.8 Å². The summed E-state index contributed by atoms with van der Waals surface area (Å²) in [4.78, 5) is 23.5. The van der Waals surface area contributed by atoms with Gasteiger partial charge >= 0.3 is 6.09 Å². The van der Waals surface area contributed by atoms with Gasteiger partial charge < -0.3 is 10.5 Å². The number of halogens is 2. The van der Waals surface area contributed by atoms with Crippen LogP contribution in [0.5, 0.6) is 0 Å². The molecule has 0 radical (unpaired) electrons. The SMILES string of the molecule is CC(C)(C)OC(=O)Nc1ccc(-c2ccnnc2CCC(N)=O)c(Cc2ccccc2F)c1F. The van der Waals surface area contributed by atoms with Crippen molar-refractivity contribution in [1.82, 2.24) is 10.2 Å². The zero-order valence-corrected chi connectivity index (χ0v) is 19.2. The van der Waals surface area contributed by atoms with Crippen molar-refractivity contribution in [3.8, 4) is 11.1 Å². The van der Waals surface area contributed by atoms with Crippen LogP contribution in [0.15, 0.2) is 48.7 Å². The predicted molar refractivity (Wildman–Crippen MR) is 124 cm³/mol. The summed E-state index contributed by atoms with van der Waals surface area (Å²) in [5.74, 6) is -1.73. The number of nitrogens with one attached hydrogen (secondary N) is 1. The number of hydrogen-bond donors (Lipinski definition) is 2. The average Bonchev–Trinajstić information content (AvgIpc) is 2.75. The van der Waals surface area contributed by atoms with E-state index in [-0.39, 0.29) is 36.1 Å². The maximum Gasteiger partial charge on any atom is 0.412 e. The molecule has 0 aliphatic carbocycles. The van der Waals surface area contributed by atoms with Crippen molar-refractivity contribution in [3.05, 3.63) is 77.1 Å². The number of hydrogen-bond acceptors (Lipinski definition) is 5. The smallest absolute Gasteiger partial charge is 0.412 e. The topological polar surface area (TPSA) is 107 Å². The molecule has 7 nitrogen and oxygen atoms in total. The van der Waals surface area contributed by atoms with Gasteiger partial charge in [0.1, 0.15) is 11.4 Å². The summed E-state index contributed by atoms with van der Waals surface area (Å²) in [5.41, 5.74) is 6.23. The largest absolute Gasteiger partial charge is 0.444 e. The van der Waals surface area contributed by atoms with E-state index < -0.39 is 29.2 Å². The van der Waals surface area contributed by atoms with Crippen LogP contribution in [-0.4, -0.2) is 27.8 Å². The molecule has 178 valence electrons. The summed E-state index contributed by atoms with van der Waals surface area (Å²) >= 11 is 0. The molecule has 3 N–H and O–H groups in total. The minimum Gasteiger partial charge on any atom is -0.444 e. The van der Waals surface area contributed by atoms with E-state index in [2.05, 4.69) is 15.5 Å². The quantitative estimate of drug-likeness (QED) is 0.519. The third-order valence-corrected chi connectivity index (χ3v) is 4.90. The second kappa shape index (κ2) is 10.4. The van der Waals surface area contributed by atoms with Gasteiger partial charge in [0.05, 0.1) is 17.6 Å². The van der Waals surface area contributed by atoms with Gasteiger partial charge in [0.15, 0.2) is 5.82 Å². The Morgan fingerprint density at radius 1 is 1.06 bits per heavy atom. The van der Waals surface area contributed by atoms with Crippen molar-refractivity contribution in [2.45, 2.75) is 45.6 Å². The average molecular weight is 469 g/mol. The minimum atomic E-state index is -0.816. The molecule has 0 unspecified atom stereocenters. The van der Waals surface area contributed by atoms with Crippen LogP contribution in [0.4, 0.5) is 19.3 Å². The molecule has 0 spiro atoms. The fourth-order valence-electron chi connectivity index (χ4n) is 3.42. The van der Waals surface area contributed by atoms with Crippen LogP contribution >= 0.6 is 0 Å². The molecule has 1 heterocycles. The van der Waals surface area contributed by atoms with Crippen molar-refractivity contribution >= 4 is 17.7 Å². The van der Waals surface area contributed by atoms with Crippen molar-refractivity contribution < 1.29 is 23.1 Å². The first-order valence-electron chi connectivity index (χ1n) is 10.7. The molecular weight excluding hydrogens is 442 g/mol. The van der Waals surface area contributed by atoms with Gasteiger partial charge in [0, 0.05) is 30.4 Å². The van der Waals surface area contributed by atoms with E-state index in [1.54, 1.807) is 51.1 Å². The molecule has 0 aliphatic heterocycles. The van der Waals surface area contributed by atoms with Crippen LogP contribution in [-0.2, 0) is 22.4 Å². The summed E-state index contributed by atoms with van der Waals surface area (Å²) < 4.78 is 35.4. The van der Waals surface area contributed by atoms with E-state index in [1.165, 1.54) is 18.3 Å². The molecular formula is C25H26F2N4O3. The standard InChI is InChI=1S/C25H26F2N4O3/c1-25(2,3)34-24(33)30-21-9-8-16(17-12-13-29-31-20(17)10-11-22(28)32)18(23(21)27)14-15-6-4-5-7-19(15)26/h4-9,12-13H,10-11,14H2,1-3H3,(H2,28,32)(H,30,33). The first-order chi connectivity index (χ1) is 16.0. The van der Waals surface area contributed by atoms with Crippen LogP contribution < -0.4 is 11.1 Å². The highest BCUT2D eigenvalue weighted by atomic mass is 19.1. The van der Waals surface area contributed by atoms with Gasteiger partial charge in [-0.05, 0) is 50.1 Å². The van der Waals surface area contributed by atoms with E-state index in [9.17, 15) is 14.0 Å². The number of ether oxygens (including phenoxy) is 1. The van der Waals surface area contributed by atoms with Crippen LogP contribution in [0.1, 0.15) is 44.0 Å². The predicted octanol–water partition coefficient (Wildman–Crippen LogP) is 4.78. The Morgan fingerprint density at radius 3 is 2.47 bits per heavy atom. The van der Waals surface area contributed by atoms with Crippen LogP contribution in [0.25, 0.3) is 11.1 Å². The second-order valence-corrected chi connectivity index (χ2v) is 8.71. The lowest BCUT2D eigenvalue weighted by atomic mass is 9.92. The maximum absolute atomic E-state index is 15.8. The number of anilines is 1. The number of carbonyl (C=O) groups is 2. The molecule has 2 aromatic carbocycles. The number of nitrogens with two attached hydrogens (primary N) is 1. The second-order valence-electron chi connectivity index (χ2n) is 8.71. The van der Waals surface area contributed by atoms with Gasteiger partial charge in [-0.25, -0.2) is 13.6 Å². The molecule has 34 heavy (non-hydrogen) atoms. The summed E-state index contributed by atoms with van der Waals surface area (Å²) in [6.45, 7) is 5.08. The van der Waals surface area contributed by atoms with Crippen LogP contribution in [0.3, 0.4) is 0 Å². The third kappa shape index (κ3) is 6.34. The molecule has 3 rings (SSSR count). The first kappa shape index (κ1) is 24.8. The molecule has 9 heteroatoms. The first-order valence-corrected chi connectivity index (χ1v) is 10.7. The Kier molecular flexibility index (Phi) is 7.55. The van der Waals surface area contributed by atoms with Crippen molar-refractivity contribution in [2.75, 3.05) is 5.32 Å². The van der Waals surface area contributed by atoms with E-state index in [1.807, 2.05) is 0 Å². The summed E-state index contributed by atoms with van der Waals surface area (Å²) in [6, 6.07) is 10.7. The van der Waals surface area contributed by atoms with Crippen LogP contribution in [0.2, 0.25) is 0 Å². The number of aryl methyl sites for hydroxylation is 1. The molecule has 0 fully saturated rings. The van der Waals surface area contributed by atoms with Gasteiger partial charge in [-0.3, -0.25) is 10.1 Å². The minimum absolute atomic E-state index is 0.0368. The molecule has 0 saturated heterocycles. The number of primary amides is 1. The number of amides is 2. The molecule has 0 bridgehead atoms. The number of carbonyl (C=O) groups excluding carboxylic acids is 2. The van der Waals surface area contributed by atoms with Gasteiger partial charge in [0.25, 0.3) is 0 Å². The third-order valence-electron chi connectivity index (χ3n) is 4.90. The fourth-order valence-corrected chi connectivity index (χ4v) is 3.42. The zero-order chi connectivity index (χ0) is 24.9. The van der Waals surface area contributed by atoms with Gasteiger partial charge in [-0.15, -0.1) is 0 Å². The number of benzene rings is 2. The highest BCUT2D eigenvalue weighted by molar-refractivity contribution is 5.86. The Bertz CT molecular complexity index is 1210. The normalized spacial score (nSPS) is 11.2. The lowest BCUT2D eigenvalue weighted by Crippen LogP contribution is -2.27. The molecule has 3 aromatic rings.